The number of anilines is 1. The van der Waals surface area contributed by atoms with E-state index < -0.39 is 0 Å². The molecule has 0 aliphatic carbocycles. The van der Waals surface area contributed by atoms with E-state index in [9.17, 15) is 4.79 Å². The Hall–Kier alpha value is -2.34. The first-order valence-corrected chi connectivity index (χ1v) is 6.67. The van der Waals surface area contributed by atoms with Crippen LogP contribution < -0.4 is 5.32 Å². The van der Waals surface area contributed by atoms with Crippen LogP contribution in [0.1, 0.15) is 23.0 Å². The molecule has 1 heterocycles. The van der Waals surface area contributed by atoms with Crippen molar-refractivity contribution in [2.45, 2.75) is 13.8 Å². The normalized spacial score (nSPS) is 10.8. The first-order valence-electron chi connectivity index (χ1n) is 6.29. The summed E-state index contributed by atoms with van der Waals surface area (Å²) in [5.41, 5.74) is 1.33. The maximum Gasteiger partial charge on any atom is 0.266 e. The zero-order chi connectivity index (χ0) is 15.2. The van der Waals surface area contributed by atoms with Crippen molar-refractivity contribution < 1.29 is 14.1 Å². The summed E-state index contributed by atoms with van der Waals surface area (Å²) in [4.78, 5) is 16.2. The van der Waals surface area contributed by atoms with Crippen molar-refractivity contribution >= 4 is 35.5 Å². The summed E-state index contributed by atoms with van der Waals surface area (Å²) < 4.78 is 10.00. The van der Waals surface area contributed by atoms with Crippen LogP contribution in [0.3, 0.4) is 0 Å². The van der Waals surface area contributed by atoms with Gasteiger partial charge in [0.15, 0.2) is 6.40 Å². The van der Waals surface area contributed by atoms with Gasteiger partial charge in [-0.2, -0.15) is 4.99 Å². The fourth-order valence-corrected chi connectivity index (χ4v) is 1.72. The standard InChI is InChI=1S/C14H14ClN3O3/c1-3-20-8-16-14-12(9(2)18-21-14)13(19)17-11-6-4-10(15)5-7-11/h4-8H,3H2,1-2H3,(H,17,19)/b16-8+. The number of halogens is 1. The molecule has 0 aliphatic heterocycles. The predicted molar refractivity (Wildman–Crippen MR) is 80.4 cm³/mol. The predicted octanol–water partition coefficient (Wildman–Crippen LogP) is 3.59. The van der Waals surface area contributed by atoms with Gasteiger partial charge in [0.2, 0.25) is 0 Å². The Balaban J connectivity index is 2.18. The number of nitrogens with zero attached hydrogens (tertiary/aromatic N) is 2. The van der Waals surface area contributed by atoms with Crippen molar-refractivity contribution in [2.75, 3.05) is 11.9 Å². The van der Waals surface area contributed by atoms with Gasteiger partial charge in [0.05, 0.1) is 12.3 Å². The molecule has 110 valence electrons. The number of carbonyl (C=O) groups is 1. The monoisotopic (exact) mass is 307 g/mol. The average Bonchev–Trinajstić information content (AvgIpc) is 2.83. The molecular weight excluding hydrogens is 294 g/mol. The topological polar surface area (TPSA) is 76.7 Å². The van der Waals surface area contributed by atoms with Gasteiger partial charge in [0.25, 0.3) is 11.8 Å². The van der Waals surface area contributed by atoms with Crippen molar-refractivity contribution in [1.82, 2.24) is 5.16 Å². The third-order valence-electron chi connectivity index (χ3n) is 2.59. The van der Waals surface area contributed by atoms with Crippen LogP contribution in [0.15, 0.2) is 33.8 Å². The molecule has 7 heteroatoms. The van der Waals surface area contributed by atoms with Crippen LogP contribution in [-0.2, 0) is 4.74 Å². The maximum atomic E-state index is 12.3. The van der Waals surface area contributed by atoms with E-state index in [0.29, 0.717) is 23.0 Å². The van der Waals surface area contributed by atoms with Gasteiger partial charge >= 0.3 is 0 Å². The largest absolute Gasteiger partial charge is 0.483 e. The number of aromatic nitrogens is 1. The number of hydrogen-bond donors (Lipinski definition) is 1. The molecule has 0 radical (unpaired) electrons. The van der Waals surface area contributed by atoms with Gasteiger partial charge < -0.3 is 14.6 Å². The number of ether oxygens (including phenoxy) is 1. The minimum atomic E-state index is -0.361. The van der Waals surface area contributed by atoms with E-state index in [1.807, 2.05) is 6.92 Å². The fourth-order valence-electron chi connectivity index (χ4n) is 1.59. The Bertz CT molecular complexity index is 650. The van der Waals surface area contributed by atoms with Crippen LogP contribution >= 0.6 is 11.6 Å². The quantitative estimate of drug-likeness (QED) is 0.676. The Morgan fingerprint density at radius 2 is 2.19 bits per heavy atom. The fraction of sp³-hybridized carbons (Fsp3) is 0.214. The van der Waals surface area contributed by atoms with Crippen LogP contribution in [0, 0.1) is 6.92 Å². The number of amides is 1. The number of rotatable bonds is 5. The molecule has 0 saturated heterocycles. The van der Waals surface area contributed by atoms with Gasteiger partial charge in [0.1, 0.15) is 5.56 Å². The summed E-state index contributed by atoms with van der Waals surface area (Å²) in [5.74, 6) is -0.257. The van der Waals surface area contributed by atoms with Gasteiger partial charge in [0, 0.05) is 10.7 Å². The highest BCUT2D eigenvalue weighted by molar-refractivity contribution is 6.30. The minimum Gasteiger partial charge on any atom is -0.483 e. The number of aryl methyl sites for hydroxylation is 1. The Morgan fingerprint density at radius 1 is 1.48 bits per heavy atom. The third kappa shape index (κ3) is 3.82. The Kier molecular flexibility index (Phi) is 4.94. The highest BCUT2D eigenvalue weighted by Crippen LogP contribution is 2.23. The number of aliphatic imine (C=N–C) groups is 1. The first-order chi connectivity index (χ1) is 10.1. The van der Waals surface area contributed by atoms with E-state index in [4.69, 9.17) is 20.9 Å². The SMILES string of the molecule is CCO/C=N/c1onc(C)c1C(=O)Nc1ccc(Cl)cc1. The summed E-state index contributed by atoms with van der Waals surface area (Å²) in [6, 6.07) is 6.77. The molecular formula is C14H14ClN3O3. The summed E-state index contributed by atoms with van der Waals surface area (Å²) in [6.45, 7) is 3.97. The highest BCUT2D eigenvalue weighted by atomic mass is 35.5. The van der Waals surface area contributed by atoms with Crippen LogP contribution in [0.25, 0.3) is 0 Å². The highest BCUT2D eigenvalue weighted by Gasteiger charge is 2.20. The number of carbonyl (C=O) groups excluding carboxylic acids is 1. The second kappa shape index (κ2) is 6.90. The van der Waals surface area contributed by atoms with E-state index in [1.165, 1.54) is 6.40 Å². The molecule has 1 N–H and O–H groups in total. The maximum absolute atomic E-state index is 12.3. The zero-order valence-corrected chi connectivity index (χ0v) is 12.3. The molecule has 2 rings (SSSR count). The molecule has 0 unspecified atom stereocenters. The lowest BCUT2D eigenvalue weighted by Crippen LogP contribution is -2.12. The van der Waals surface area contributed by atoms with Crippen LogP contribution in [0.2, 0.25) is 5.02 Å². The van der Waals surface area contributed by atoms with Gasteiger partial charge in [-0.1, -0.05) is 16.8 Å². The van der Waals surface area contributed by atoms with Gasteiger partial charge in [-0.15, -0.1) is 0 Å². The van der Waals surface area contributed by atoms with Crippen molar-refractivity contribution in [3.8, 4) is 0 Å². The van der Waals surface area contributed by atoms with E-state index >= 15 is 0 Å². The minimum absolute atomic E-state index is 0.104. The molecule has 1 amide bonds. The van der Waals surface area contributed by atoms with Crippen molar-refractivity contribution in [1.29, 1.82) is 0 Å². The lowest BCUT2D eigenvalue weighted by molar-refractivity contribution is 0.102. The number of hydrogen-bond acceptors (Lipinski definition) is 5. The molecule has 0 saturated carbocycles. The van der Waals surface area contributed by atoms with Crippen LogP contribution in [0.5, 0.6) is 0 Å². The summed E-state index contributed by atoms with van der Waals surface area (Å²) in [5, 5.41) is 7.07. The summed E-state index contributed by atoms with van der Waals surface area (Å²) in [7, 11) is 0. The van der Waals surface area contributed by atoms with E-state index in [-0.39, 0.29) is 17.4 Å². The van der Waals surface area contributed by atoms with Crippen LogP contribution in [-0.4, -0.2) is 24.1 Å². The lowest BCUT2D eigenvalue weighted by atomic mass is 10.2. The Labute approximate surface area is 126 Å². The molecule has 6 nitrogen and oxygen atoms in total. The first kappa shape index (κ1) is 15.1. The zero-order valence-electron chi connectivity index (χ0n) is 11.6. The van der Waals surface area contributed by atoms with E-state index in [1.54, 1.807) is 31.2 Å². The van der Waals surface area contributed by atoms with Gasteiger partial charge in [-0.05, 0) is 38.1 Å². The van der Waals surface area contributed by atoms with Crippen molar-refractivity contribution in [3.05, 3.63) is 40.5 Å². The van der Waals surface area contributed by atoms with Crippen molar-refractivity contribution in [2.24, 2.45) is 4.99 Å². The smallest absolute Gasteiger partial charge is 0.266 e. The number of nitrogens with one attached hydrogen (secondary N) is 1. The van der Waals surface area contributed by atoms with Crippen molar-refractivity contribution in [3.63, 3.8) is 0 Å². The molecule has 1 aromatic carbocycles. The van der Waals surface area contributed by atoms with E-state index in [0.717, 1.165) is 0 Å². The molecule has 0 aliphatic rings. The second-order valence-corrected chi connectivity index (χ2v) is 4.54. The van der Waals surface area contributed by atoms with Gasteiger partial charge in [-0.3, -0.25) is 4.79 Å². The third-order valence-corrected chi connectivity index (χ3v) is 2.84. The molecule has 1 aromatic heterocycles. The van der Waals surface area contributed by atoms with E-state index in [2.05, 4.69) is 15.5 Å². The van der Waals surface area contributed by atoms with Gasteiger partial charge in [-0.25, -0.2) is 0 Å². The van der Waals surface area contributed by atoms with Crippen LogP contribution in [0.4, 0.5) is 11.6 Å². The Morgan fingerprint density at radius 3 is 2.86 bits per heavy atom. The molecule has 0 atom stereocenters. The molecule has 0 bridgehead atoms. The molecule has 0 fully saturated rings. The summed E-state index contributed by atoms with van der Waals surface area (Å²) >= 11 is 5.80. The summed E-state index contributed by atoms with van der Waals surface area (Å²) in [6.07, 6.45) is 1.22. The average molecular weight is 308 g/mol. The lowest BCUT2D eigenvalue weighted by Gasteiger charge is -2.04. The second-order valence-electron chi connectivity index (χ2n) is 4.10. The molecule has 2 aromatic rings. The molecule has 21 heavy (non-hydrogen) atoms. The number of benzene rings is 1. The molecule has 0 spiro atoms.